The van der Waals surface area contributed by atoms with Gasteiger partial charge in [0.15, 0.2) is 17.3 Å². The van der Waals surface area contributed by atoms with Crippen LogP contribution in [0.5, 0.6) is 11.5 Å². The zero-order valence-electron chi connectivity index (χ0n) is 21.9. The predicted octanol–water partition coefficient (Wildman–Crippen LogP) is 7.17. The van der Waals surface area contributed by atoms with Gasteiger partial charge in [-0.25, -0.2) is 15.0 Å². The maximum absolute atomic E-state index is 12.5. The number of esters is 1. The minimum Gasteiger partial charge on any atom is -0.493 e. The highest BCUT2D eigenvalue weighted by Gasteiger charge is 2.21. The molecule has 7 nitrogen and oxygen atoms in total. The van der Waals surface area contributed by atoms with Gasteiger partial charge in [0.05, 0.1) is 37.5 Å². The molecule has 0 bridgehead atoms. The molecule has 0 saturated heterocycles. The lowest BCUT2D eigenvalue weighted by atomic mass is 9.93. The quantitative estimate of drug-likeness (QED) is 0.186. The van der Waals surface area contributed by atoms with Gasteiger partial charge in [-0.2, -0.15) is 0 Å². The first kappa shape index (κ1) is 26.6. The van der Waals surface area contributed by atoms with E-state index in [1.807, 2.05) is 68.4 Å². The number of methoxy groups -OCH3 is 2. The molecule has 2 heterocycles. The third-order valence-corrected chi connectivity index (χ3v) is 7.65. The zero-order valence-corrected chi connectivity index (χ0v) is 23.5. The number of ether oxygens (including phenoxy) is 3. The van der Waals surface area contributed by atoms with Gasteiger partial charge in [-0.3, -0.25) is 4.79 Å². The van der Waals surface area contributed by atoms with Crippen LogP contribution in [0.2, 0.25) is 5.02 Å². The number of hydrogen-bond acceptors (Lipinski definition) is 8. The van der Waals surface area contributed by atoms with Crippen LogP contribution in [-0.4, -0.2) is 41.7 Å². The summed E-state index contributed by atoms with van der Waals surface area (Å²) in [6.07, 6.45) is 1.88. The Morgan fingerprint density at radius 3 is 2.41 bits per heavy atom. The summed E-state index contributed by atoms with van der Waals surface area (Å²) in [6.45, 7) is 4.13. The van der Waals surface area contributed by atoms with Crippen LogP contribution in [0.4, 0.5) is 0 Å². The third-order valence-electron chi connectivity index (χ3n) is 6.29. The van der Waals surface area contributed by atoms with E-state index >= 15 is 0 Å². The highest BCUT2D eigenvalue weighted by Crippen LogP contribution is 2.41. The molecule has 9 heteroatoms. The molecular formula is C30H26ClN3O4S. The molecule has 0 saturated carbocycles. The molecule has 0 atom stereocenters. The van der Waals surface area contributed by atoms with Crippen LogP contribution in [-0.2, 0) is 16.0 Å². The number of aryl methyl sites for hydroxylation is 1. The molecule has 198 valence electrons. The van der Waals surface area contributed by atoms with Crippen LogP contribution in [0.3, 0.4) is 0 Å². The maximum Gasteiger partial charge on any atom is 0.310 e. The number of carbonyl (C=O) groups is 1. The van der Waals surface area contributed by atoms with Gasteiger partial charge in [-0.15, -0.1) is 11.3 Å². The van der Waals surface area contributed by atoms with Crippen LogP contribution in [0.15, 0.2) is 60.8 Å². The van der Waals surface area contributed by atoms with Gasteiger partial charge in [0.2, 0.25) is 0 Å². The number of fused-ring (bicyclic) bond motifs is 1. The van der Waals surface area contributed by atoms with E-state index in [1.165, 1.54) is 11.3 Å². The summed E-state index contributed by atoms with van der Waals surface area (Å²) in [7, 11) is 3.19. The highest BCUT2D eigenvalue weighted by molar-refractivity contribution is 7.22. The van der Waals surface area contributed by atoms with E-state index in [9.17, 15) is 4.79 Å². The molecule has 0 fully saturated rings. The lowest BCUT2D eigenvalue weighted by Crippen LogP contribution is -2.09. The number of hydrogen-bond donors (Lipinski definition) is 0. The monoisotopic (exact) mass is 559 g/mol. The van der Waals surface area contributed by atoms with Crippen molar-refractivity contribution < 1.29 is 19.0 Å². The topological polar surface area (TPSA) is 83.4 Å². The average Bonchev–Trinajstić information content (AvgIpc) is 3.37. The maximum atomic E-state index is 12.5. The summed E-state index contributed by atoms with van der Waals surface area (Å²) >= 11 is 7.71. The predicted molar refractivity (Wildman–Crippen MR) is 155 cm³/mol. The van der Waals surface area contributed by atoms with E-state index in [0.29, 0.717) is 34.6 Å². The molecule has 0 unspecified atom stereocenters. The molecule has 0 aliphatic rings. The second-order valence-electron chi connectivity index (χ2n) is 8.74. The molecule has 0 aliphatic carbocycles. The lowest BCUT2D eigenvalue weighted by molar-refractivity contribution is -0.142. The number of aromatic nitrogens is 3. The van der Waals surface area contributed by atoms with Crippen molar-refractivity contribution in [1.29, 1.82) is 0 Å². The molecule has 0 N–H and O–H groups in total. The Hall–Kier alpha value is -4.01. The van der Waals surface area contributed by atoms with E-state index in [0.717, 1.165) is 43.0 Å². The fourth-order valence-electron chi connectivity index (χ4n) is 4.44. The minimum absolute atomic E-state index is 0.164. The fourth-order valence-corrected chi connectivity index (χ4v) is 5.68. The summed E-state index contributed by atoms with van der Waals surface area (Å²) in [5.41, 5.74) is 6.10. The number of thiazole rings is 1. The standard InChI is InChI=1S/C30H26ClN3O4S/c1-5-38-26(35)16-21-17(2)14-23-28(27(21)18-6-9-20(31)10-7-18)39-30(34-23)22-12-13-32-29(33-22)19-8-11-24(36-3)25(15-19)37-4/h6-15H,5,16H2,1-4H3. The molecule has 0 spiro atoms. The molecule has 0 amide bonds. The van der Waals surface area contributed by atoms with Crippen molar-refractivity contribution in [3.05, 3.63) is 76.9 Å². The summed E-state index contributed by atoms with van der Waals surface area (Å²) in [4.78, 5) is 26.8. The molecule has 3 aromatic carbocycles. The minimum atomic E-state index is -0.268. The van der Waals surface area contributed by atoms with Crippen molar-refractivity contribution in [2.24, 2.45) is 0 Å². The van der Waals surface area contributed by atoms with Crippen LogP contribution in [0.1, 0.15) is 18.1 Å². The Bertz CT molecular complexity index is 1670. The first-order valence-corrected chi connectivity index (χ1v) is 13.5. The molecule has 39 heavy (non-hydrogen) atoms. The average molecular weight is 560 g/mol. The molecule has 5 aromatic rings. The van der Waals surface area contributed by atoms with Gasteiger partial charge in [0.1, 0.15) is 10.7 Å². The summed E-state index contributed by atoms with van der Waals surface area (Å²) in [5, 5.41) is 1.39. The first-order valence-electron chi connectivity index (χ1n) is 12.3. The SMILES string of the molecule is CCOC(=O)Cc1c(C)cc2nc(-c3ccnc(-c4ccc(OC)c(OC)c4)n3)sc2c1-c1ccc(Cl)cc1. The molecule has 5 rings (SSSR count). The number of halogens is 1. The van der Waals surface area contributed by atoms with Gasteiger partial charge in [0.25, 0.3) is 0 Å². The number of nitrogens with zero attached hydrogens (tertiary/aromatic N) is 3. The van der Waals surface area contributed by atoms with Crippen molar-refractivity contribution in [2.75, 3.05) is 20.8 Å². The van der Waals surface area contributed by atoms with Gasteiger partial charge in [-0.1, -0.05) is 23.7 Å². The van der Waals surface area contributed by atoms with Crippen LogP contribution >= 0.6 is 22.9 Å². The van der Waals surface area contributed by atoms with Gasteiger partial charge < -0.3 is 14.2 Å². The highest BCUT2D eigenvalue weighted by atomic mass is 35.5. The molecule has 0 radical (unpaired) electrons. The Labute approximate surface area is 235 Å². The summed E-state index contributed by atoms with van der Waals surface area (Å²) in [6, 6.07) is 17.0. The van der Waals surface area contributed by atoms with E-state index in [1.54, 1.807) is 20.4 Å². The zero-order chi connectivity index (χ0) is 27.5. The molecule has 2 aromatic heterocycles. The van der Waals surface area contributed by atoms with Crippen LogP contribution in [0, 0.1) is 6.92 Å². The number of carbonyl (C=O) groups excluding carboxylic acids is 1. The summed E-state index contributed by atoms with van der Waals surface area (Å²) in [5.74, 6) is 1.51. The Morgan fingerprint density at radius 2 is 1.69 bits per heavy atom. The summed E-state index contributed by atoms with van der Waals surface area (Å²) < 4.78 is 17.0. The Balaban J connectivity index is 1.64. The van der Waals surface area contributed by atoms with E-state index in [4.69, 9.17) is 35.8 Å². The van der Waals surface area contributed by atoms with E-state index in [-0.39, 0.29) is 12.4 Å². The van der Waals surface area contributed by atoms with Gasteiger partial charge in [0, 0.05) is 22.3 Å². The van der Waals surface area contributed by atoms with E-state index in [2.05, 4.69) is 4.98 Å². The lowest BCUT2D eigenvalue weighted by Gasteiger charge is -2.14. The van der Waals surface area contributed by atoms with Crippen LogP contribution < -0.4 is 9.47 Å². The fraction of sp³-hybridized carbons (Fsp3) is 0.200. The Kier molecular flexibility index (Phi) is 7.77. The van der Waals surface area contributed by atoms with Crippen LogP contribution in [0.25, 0.3) is 43.4 Å². The van der Waals surface area contributed by atoms with Crippen molar-refractivity contribution >= 4 is 39.1 Å². The number of benzene rings is 3. The second kappa shape index (κ2) is 11.4. The van der Waals surface area contributed by atoms with Crippen molar-refractivity contribution in [1.82, 2.24) is 15.0 Å². The third kappa shape index (κ3) is 5.44. The largest absolute Gasteiger partial charge is 0.493 e. The normalized spacial score (nSPS) is 11.0. The van der Waals surface area contributed by atoms with Crippen molar-refractivity contribution in [2.45, 2.75) is 20.3 Å². The second-order valence-corrected chi connectivity index (χ2v) is 10.2. The van der Waals surface area contributed by atoms with Crippen molar-refractivity contribution in [3.63, 3.8) is 0 Å². The van der Waals surface area contributed by atoms with Gasteiger partial charge >= 0.3 is 5.97 Å². The Morgan fingerprint density at radius 1 is 0.949 bits per heavy atom. The molecule has 0 aliphatic heterocycles. The number of rotatable bonds is 8. The molecular weight excluding hydrogens is 534 g/mol. The van der Waals surface area contributed by atoms with Crippen molar-refractivity contribution in [3.8, 4) is 44.7 Å². The first-order chi connectivity index (χ1) is 18.9. The van der Waals surface area contributed by atoms with E-state index < -0.39 is 0 Å². The van der Waals surface area contributed by atoms with Gasteiger partial charge in [-0.05, 0) is 73.0 Å². The smallest absolute Gasteiger partial charge is 0.310 e.